The van der Waals surface area contributed by atoms with E-state index in [9.17, 15) is 10.1 Å². The predicted octanol–water partition coefficient (Wildman–Crippen LogP) is 2.83. The lowest BCUT2D eigenvalue weighted by Gasteiger charge is -2.36. The third-order valence-electron chi connectivity index (χ3n) is 3.87. The summed E-state index contributed by atoms with van der Waals surface area (Å²) in [6, 6.07) is 2.32. The van der Waals surface area contributed by atoms with Crippen molar-refractivity contribution in [2.45, 2.75) is 51.4 Å². The number of rotatable bonds is 2. The Labute approximate surface area is 85.3 Å². The molecule has 0 bridgehead atoms. The van der Waals surface area contributed by atoms with Crippen molar-refractivity contribution in [3.63, 3.8) is 0 Å². The SMILES string of the molecule is N#CC1(CC2CCC2)CCCCC1=O. The third kappa shape index (κ3) is 1.56. The van der Waals surface area contributed by atoms with Gasteiger partial charge in [0.1, 0.15) is 5.41 Å². The smallest absolute Gasteiger partial charge is 0.153 e. The van der Waals surface area contributed by atoms with Crippen molar-refractivity contribution >= 4 is 5.78 Å². The molecule has 0 aromatic heterocycles. The summed E-state index contributed by atoms with van der Waals surface area (Å²) in [5.41, 5.74) is -0.580. The Hall–Kier alpha value is -0.840. The van der Waals surface area contributed by atoms with Gasteiger partial charge in [-0.05, 0) is 25.2 Å². The largest absolute Gasteiger partial charge is 0.298 e. The molecule has 2 saturated carbocycles. The van der Waals surface area contributed by atoms with Gasteiger partial charge >= 0.3 is 0 Å². The predicted molar refractivity (Wildman–Crippen MR) is 53.5 cm³/mol. The van der Waals surface area contributed by atoms with Gasteiger partial charge in [0.05, 0.1) is 6.07 Å². The minimum absolute atomic E-state index is 0.221. The van der Waals surface area contributed by atoms with Gasteiger partial charge in [-0.25, -0.2) is 0 Å². The summed E-state index contributed by atoms with van der Waals surface area (Å²) in [7, 11) is 0. The van der Waals surface area contributed by atoms with E-state index in [1.54, 1.807) is 0 Å². The number of ketones is 1. The maximum absolute atomic E-state index is 11.8. The second-order valence-corrected chi connectivity index (χ2v) is 4.83. The summed E-state index contributed by atoms with van der Waals surface area (Å²) in [6.45, 7) is 0. The van der Waals surface area contributed by atoms with Gasteiger partial charge in [0.15, 0.2) is 5.78 Å². The zero-order valence-electron chi connectivity index (χ0n) is 8.59. The van der Waals surface area contributed by atoms with E-state index in [-0.39, 0.29) is 5.78 Å². The fraction of sp³-hybridized carbons (Fsp3) is 0.833. The average molecular weight is 191 g/mol. The highest BCUT2D eigenvalue weighted by molar-refractivity contribution is 5.88. The van der Waals surface area contributed by atoms with Gasteiger partial charge in [0.2, 0.25) is 0 Å². The Balaban J connectivity index is 2.06. The van der Waals surface area contributed by atoms with E-state index in [0.29, 0.717) is 12.3 Å². The molecule has 0 radical (unpaired) electrons. The summed E-state index contributed by atoms with van der Waals surface area (Å²) >= 11 is 0. The number of Topliss-reactive ketones (excluding diaryl/α,β-unsaturated/α-hetero) is 1. The minimum Gasteiger partial charge on any atom is -0.298 e. The highest BCUT2D eigenvalue weighted by Crippen LogP contribution is 2.43. The minimum atomic E-state index is -0.580. The van der Waals surface area contributed by atoms with Crippen LogP contribution in [0.15, 0.2) is 0 Å². The Morgan fingerprint density at radius 3 is 2.64 bits per heavy atom. The van der Waals surface area contributed by atoms with Gasteiger partial charge in [0.25, 0.3) is 0 Å². The summed E-state index contributed by atoms with van der Waals surface area (Å²) in [5.74, 6) is 0.884. The van der Waals surface area contributed by atoms with E-state index in [4.69, 9.17) is 0 Å². The Morgan fingerprint density at radius 2 is 2.14 bits per heavy atom. The lowest BCUT2D eigenvalue weighted by Crippen LogP contribution is -2.36. The first-order valence-electron chi connectivity index (χ1n) is 5.71. The number of carbonyl (C=O) groups excluding carboxylic acids is 1. The van der Waals surface area contributed by atoms with Crippen molar-refractivity contribution in [2.24, 2.45) is 11.3 Å². The molecule has 0 amide bonds. The Morgan fingerprint density at radius 1 is 1.36 bits per heavy atom. The molecule has 2 aliphatic carbocycles. The van der Waals surface area contributed by atoms with Crippen molar-refractivity contribution in [3.8, 4) is 6.07 Å². The molecule has 2 heteroatoms. The fourth-order valence-electron chi connectivity index (χ4n) is 2.66. The van der Waals surface area contributed by atoms with E-state index in [1.807, 2.05) is 0 Å². The molecule has 2 rings (SSSR count). The zero-order valence-corrected chi connectivity index (χ0v) is 8.59. The molecule has 14 heavy (non-hydrogen) atoms. The van der Waals surface area contributed by atoms with Gasteiger partial charge in [-0.1, -0.05) is 25.7 Å². The van der Waals surface area contributed by atoms with Gasteiger partial charge in [0, 0.05) is 6.42 Å². The molecule has 2 fully saturated rings. The van der Waals surface area contributed by atoms with Crippen molar-refractivity contribution in [1.82, 2.24) is 0 Å². The fourth-order valence-corrected chi connectivity index (χ4v) is 2.66. The van der Waals surface area contributed by atoms with Crippen LogP contribution in [0.5, 0.6) is 0 Å². The van der Waals surface area contributed by atoms with Crippen LogP contribution in [0, 0.1) is 22.7 Å². The second-order valence-electron chi connectivity index (χ2n) is 4.83. The molecule has 0 heterocycles. The highest BCUT2D eigenvalue weighted by atomic mass is 16.1. The Kier molecular flexibility index (Phi) is 2.58. The highest BCUT2D eigenvalue weighted by Gasteiger charge is 2.42. The molecule has 2 aliphatic rings. The maximum atomic E-state index is 11.8. The van der Waals surface area contributed by atoms with Gasteiger partial charge in [-0.2, -0.15) is 5.26 Å². The summed E-state index contributed by atoms with van der Waals surface area (Å²) in [5, 5.41) is 9.21. The molecule has 0 aromatic carbocycles. The number of carbonyl (C=O) groups is 1. The first kappa shape index (κ1) is 9.71. The molecular formula is C12H17NO. The number of nitriles is 1. The molecule has 76 valence electrons. The molecular weight excluding hydrogens is 174 g/mol. The first-order chi connectivity index (χ1) is 6.77. The maximum Gasteiger partial charge on any atom is 0.153 e. The first-order valence-corrected chi connectivity index (χ1v) is 5.71. The summed E-state index contributed by atoms with van der Waals surface area (Å²) < 4.78 is 0. The van der Waals surface area contributed by atoms with Crippen molar-refractivity contribution < 1.29 is 4.79 Å². The van der Waals surface area contributed by atoms with Crippen LogP contribution in [0.3, 0.4) is 0 Å². The number of hydrogen-bond acceptors (Lipinski definition) is 2. The average Bonchev–Trinajstić information content (AvgIpc) is 2.15. The third-order valence-corrected chi connectivity index (χ3v) is 3.87. The quantitative estimate of drug-likeness (QED) is 0.673. The van der Waals surface area contributed by atoms with Crippen LogP contribution in [0.25, 0.3) is 0 Å². The van der Waals surface area contributed by atoms with Crippen molar-refractivity contribution in [1.29, 1.82) is 5.26 Å². The molecule has 2 nitrogen and oxygen atoms in total. The molecule has 0 aromatic rings. The van der Waals surface area contributed by atoms with Crippen LogP contribution < -0.4 is 0 Å². The van der Waals surface area contributed by atoms with Crippen LogP contribution in [0.2, 0.25) is 0 Å². The van der Waals surface area contributed by atoms with E-state index < -0.39 is 5.41 Å². The summed E-state index contributed by atoms with van der Waals surface area (Å²) in [4.78, 5) is 11.8. The van der Waals surface area contributed by atoms with Gasteiger partial charge in [-0.15, -0.1) is 0 Å². The number of hydrogen-bond donors (Lipinski definition) is 0. The molecule has 1 atom stereocenters. The number of nitrogens with zero attached hydrogens (tertiary/aromatic N) is 1. The lowest BCUT2D eigenvalue weighted by molar-refractivity contribution is -0.129. The standard InChI is InChI=1S/C12H17NO/c13-9-12(8-10-4-3-5-10)7-2-1-6-11(12)14/h10H,1-8H2. The van der Waals surface area contributed by atoms with Crippen LogP contribution in [0.1, 0.15) is 51.4 Å². The topological polar surface area (TPSA) is 40.9 Å². The van der Waals surface area contributed by atoms with Gasteiger partial charge in [-0.3, -0.25) is 4.79 Å². The van der Waals surface area contributed by atoms with Crippen LogP contribution in [-0.4, -0.2) is 5.78 Å². The van der Waals surface area contributed by atoms with Crippen LogP contribution in [-0.2, 0) is 4.79 Å². The lowest BCUT2D eigenvalue weighted by atomic mass is 9.65. The van der Waals surface area contributed by atoms with Crippen molar-refractivity contribution in [3.05, 3.63) is 0 Å². The van der Waals surface area contributed by atoms with Crippen LogP contribution in [0.4, 0.5) is 0 Å². The molecule has 1 unspecified atom stereocenters. The zero-order chi connectivity index (χ0) is 10.0. The monoisotopic (exact) mass is 191 g/mol. The van der Waals surface area contributed by atoms with E-state index in [0.717, 1.165) is 25.7 Å². The molecule has 0 saturated heterocycles. The van der Waals surface area contributed by atoms with E-state index in [1.165, 1.54) is 19.3 Å². The van der Waals surface area contributed by atoms with E-state index in [2.05, 4.69) is 6.07 Å². The van der Waals surface area contributed by atoms with E-state index >= 15 is 0 Å². The molecule has 0 spiro atoms. The Bertz CT molecular complexity index is 275. The van der Waals surface area contributed by atoms with Gasteiger partial charge < -0.3 is 0 Å². The second kappa shape index (κ2) is 3.73. The van der Waals surface area contributed by atoms with Crippen molar-refractivity contribution in [2.75, 3.05) is 0 Å². The summed E-state index contributed by atoms with van der Waals surface area (Å²) in [6.07, 6.45) is 8.12. The van der Waals surface area contributed by atoms with Crippen LogP contribution >= 0.6 is 0 Å². The normalized spacial score (nSPS) is 33.5. The molecule has 0 aliphatic heterocycles. The molecule has 0 N–H and O–H groups in total.